The fraction of sp³-hybridized carbons (Fsp3) is 0.357. The smallest absolute Gasteiger partial charge is 0.246 e. The van der Waals surface area contributed by atoms with Gasteiger partial charge in [-0.05, 0) is 43.0 Å². The SMILES string of the molecule is NOc1ccc(/C=C/C(=O)N2CCCCC2)cc1O. The Kier molecular flexibility index (Phi) is 4.41. The number of hydrogen-bond acceptors (Lipinski definition) is 4. The number of carbonyl (C=O) groups is 1. The third-order valence-electron chi connectivity index (χ3n) is 3.20. The van der Waals surface area contributed by atoms with Crippen molar-refractivity contribution in [3.05, 3.63) is 29.8 Å². The number of likely N-dealkylation sites (tertiary alicyclic amines) is 1. The topological polar surface area (TPSA) is 75.8 Å². The molecule has 5 nitrogen and oxygen atoms in total. The number of nitrogens with zero attached hydrogens (tertiary/aromatic N) is 1. The molecule has 1 aromatic rings. The van der Waals surface area contributed by atoms with Crippen LogP contribution in [0, 0.1) is 0 Å². The zero-order valence-corrected chi connectivity index (χ0v) is 10.7. The number of amides is 1. The Balaban J connectivity index is 2.01. The van der Waals surface area contributed by atoms with Gasteiger partial charge in [0.05, 0.1) is 0 Å². The molecule has 1 heterocycles. The zero-order chi connectivity index (χ0) is 13.7. The molecule has 19 heavy (non-hydrogen) atoms. The number of aromatic hydroxyl groups is 1. The third-order valence-corrected chi connectivity index (χ3v) is 3.20. The van der Waals surface area contributed by atoms with E-state index in [0.717, 1.165) is 31.5 Å². The molecule has 1 saturated heterocycles. The minimum atomic E-state index is -0.0462. The first-order chi connectivity index (χ1) is 9.20. The first kappa shape index (κ1) is 13.4. The van der Waals surface area contributed by atoms with Crippen molar-refractivity contribution < 1.29 is 14.7 Å². The van der Waals surface area contributed by atoms with Crippen molar-refractivity contribution in [3.63, 3.8) is 0 Å². The van der Waals surface area contributed by atoms with Gasteiger partial charge in [-0.2, -0.15) is 5.90 Å². The van der Waals surface area contributed by atoms with Gasteiger partial charge < -0.3 is 14.8 Å². The molecule has 0 radical (unpaired) electrons. The zero-order valence-electron chi connectivity index (χ0n) is 10.7. The molecule has 1 amide bonds. The molecule has 0 aliphatic carbocycles. The molecule has 1 aromatic carbocycles. The van der Waals surface area contributed by atoms with Gasteiger partial charge in [-0.15, -0.1) is 0 Å². The molecule has 3 N–H and O–H groups in total. The van der Waals surface area contributed by atoms with E-state index in [-0.39, 0.29) is 17.4 Å². The van der Waals surface area contributed by atoms with Crippen molar-refractivity contribution in [3.8, 4) is 11.5 Å². The summed E-state index contributed by atoms with van der Waals surface area (Å²) in [5.74, 6) is 5.16. The molecule has 2 rings (SSSR count). The summed E-state index contributed by atoms with van der Waals surface area (Å²) in [7, 11) is 0. The van der Waals surface area contributed by atoms with Crippen LogP contribution in [0.25, 0.3) is 6.08 Å². The average molecular weight is 262 g/mol. The minimum absolute atomic E-state index is 0.0124. The lowest BCUT2D eigenvalue weighted by atomic mass is 10.1. The summed E-state index contributed by atoms with van der Waals surface area (Å²) in [6, 6.07) is 4.78. The van der Waals surface area contributed by atoms with E-state index in [1.807, 2.05) is 4.90 Å². The summed E-state index contributed by atoms with van der Waals surface area (Å²) < 4.78 is 0. The van der Waals surface area contributed by atoms with Gasteiger partial charge >= 0.3 is 0 Å². The number of rotatable bonds is 3. The predicted octanol–water partition coefficient (Wildman–Crippen LogP) is 1.67. The number of benzene rings is 1. The fourth-order valence-electron chi connectivity index (χ4n) is 2.12. The van der Waals surface area contributed by atoms with E-state index in [0.29, 0.717) is 0 Å². The summed E-state index contributed by atoms with van der Waals surface area (Å²) in [5, 5.41) is 9.57. The van der Waals surface area contributed by atoms with Gasteiger partial charge in [-0.25, -0.2) is 0 Å². The van der Waals surface area contributed by atoms with Gasteiger partial charge in [0.25, 0.3) is 0 Å². The molecule has 102 valence electrons. The summed E-state index contributed by atoms with van der Waals surface area (Å²) >= 11 is 0. The number of phenolic OH excluding ortho intramolecular Hbond substituents is 1. The van der Waals surface area contributed by atoms with Gasteiger partial charge in [0.15, 0.2) is 11.5 Å². The Labute approximate surface area is 112 Å². The second-order valence-corrected chi connectivity index (χ2v) is 4.56. The van der Waals surface area contributed by atoms with Crippen LogP contribution in [0.15, 0.2) is 24.3 Å². The molecule has 5 heteroatoms. The maximum Gasteiger partial charge on any atom is 0.246 e. The molecular formula is C14H18N2O3. The maximum atomic E-state index is 11.9. The molecule has 0 spiro atoms. The molecule has 0 unspecified atom stereocenters. The third kappa shape index (κ3) is 3.48. The molecule has 1 aliphatic heterocycles. The Hall–Kier alpha value is -2.01. The Morgan fingerprint density at radius 3 is 2.68 bits per heavy atom. The largest absolute Gasteiger partial charge is 0.504 e. The van der Waals surface area contributed by atoms with E-state index in [1.165, 1.54) is 18.6 Å². The van der Waals surface area contributed by atoms with Crippen molar-refractivity contribution in [1.82, 2.24) is 4.90 Å². The minimum Gasteiger partial charge on any atom is -0.504 e. The first-order valence-electron chi connectivity index (χ1n) is 6.37. The molecule has 1 aliphatic rings. The van der Waals surface area contributed by atoms with Gasteiger partial charge in [-0.1, -0.05) is 6.07 Å². The van der Waals surface area contributed by atoms with Crippen LogP contribution in [0.5, 0.6) is 11.5 Å². The van der Waals surface area contributed by atoms with Crippen molar-refractivity contribution >= 4 is 12.0 Å². The van der Waals surface area contributed by atoms with Crippen molar-refractivity contribution in [2.45, 2.75) is 19.3 Å². The van der Waals surface area contributed by atoms with E-state index in [2.05, 4.69) is 4.84 Å². The number of carbonyl (C=O) groups excluding carboxylic acids is 1. The number of piperidine rings is 1. The lowest BCUT2D eigenvalue weighted by Crippen LogP contribution is -2.34. The van der Waals surface area contributed by atoms with Crippen LogP contribution in [-0.4, -0.2) is 29.0 Å². The summed E-state index contributed by atoms with van der Waals surface area (Å²) in [4.78, 5) is 18.2. The molecule has 1 fully saturated rings. The highest BCUT2D eigenvalue weighted by atomic mass is 16.6. The molecule has 0 saturated carbocycles. The fourth-order valence-corrected chi connectivity index (χ4v) is 2.12. The highest BCUT2D eigenvalue weighted by Crippen LogP contribution is 2.26. The Morgan fingerprint density at radius 1 is 1.32 bits per heavy atom. The van der Waals surface area contributed by atoms with Gasteiger partial charge in [0.2, 0.25) is 5.91 Å². The van der Waals surface area contributed by atoms with Crippen molar-refractivity contribution in [2.75, 3.05) is 13.1 Å². The van der Waals surface area contributed by atoms with Crippen LogP contribution in [0.1, 0.15) is 24.8 Å². The lowest BCUT2D eigenvalue weighted by molar-refractivity contribution is -0.126. The number of phenols is 1. The monoisotopic (exact) mass is 262 g/mol. The van der Waals surface area contributed by atoms with E-state index in [1.54, 1.807) is 18.2 Å². The highest BCUT2D eigenvalue weighted by Gasteiger charge is 2.13. The quantitative estimate of drug-likeness (QED) is 0.641. The van der Waals surface area contributed by atoms with E-state index in [4.69, 9.17) is 5.90 Å². The maximum absolute atomic E-state index is 11.9. The van der Waals surface area contributed by atoms with Crippen LogP contribution < -0.4 is 10.7 Å². The van der Waals surface area contributed by atoms with Gasteiger partial charge in [0.1, 0.15) is 0 Å². The molecule has 0 atom stereocenters. The van der Waals surface area contributed by atoms with Crippen molar-refractivity contribution in [2.24, 2.45) is 5.90 Å². The predicted molar refractivity (Wildman–Crippen MR) is 72.4 cm³/mol. The van der Waals surface area contributed by atoms with E-state index < -0.39 is 0 Å². The van der Waals surface area contributed by atoms with Crippen LogP contribution >= 0.6 is 0 Å². The lowest BCUT2D eigenvalue weighted by Gasteiger charge is -2.25. The van der Waals surface area contributed by atoms with Gasteiger partial charge in [0, 0.05) is 19.2 Å². The van der Waals surface area contributed by atoms with Crippen LogP contribution in [0.3, 0.4) is 0 Å². The molecule has 0 bridgehead atoms. The highest BCUT2D eigenvalue weighted by molar-refractivity contribution is 5.91. The van der Waals surface area contributed by atoms with Crippen LogP contribution in [0.4, 0.5) is 0 Å². The number of hydrogen-bond donors (Lipinski definition) is 2. The average Bonchev–Trinajstić information content (AvgIpc) is 2.46. The Bertz CT molecular complexity index is 480. The Morgan fingerprint density at radius 2 is 2.05 bits per heavy atom. The second kappa shape index (κ2) is 6.24. The van der Waals surface area contributed by atoms with Crippen LogP contribution in [0.2, 0.25) is 0 Å². The first-order valence-corrected chi connectivity index (χ1v) is 6.37. The summed E-state index contributed by atoms with van der Waals surface area (Å²) in [6.45, 7) is 1.66. The summed E-state index contributed by atoms with van der Waals surface area (Å²) in [5.41, 5.74) is 0.726. The van der Waals surface area contributed by atoms with Crippen LogP contribution in [-0.2, 0) is 4.79 Å². The second-order valence-electron chi connectivity index (χ2n) is 4.56. The van der Waals surface area contributed by atoms with Gasteiger partial charge in [-0.3, -0.25) is 4.79 Å². The normalized spacial score (nSPS) is 15.7. The van der Waals surface area contributed by atoms with E-state index in [9.17, 15) is 9.90 Å². The van der Waals surface area contributed by atoms with Crippen molar-refractivity contribution in [1.29, 1.82) is 0 Å². The molecule has 0 aromatic heterocycles. The summed E-state index contributed by atoms with van der Waals surface area (Å²) in [6.07, 6.45) is 6.55. The standard InChI is InChI=1S/C14H18N2O3/c15-19-13-6-4-11(10-12(13)17)5-7-14(18)16-8-2-1-3-9-16/h4-7,10,17H,1-3,8-9,15H2/b7-5+. The van der Waals surface area contributed by atoms with E-state index >= 15 is 0 Å². The number of nitrogens with two attached hydrogens (primary N) is 1. The molecular weight excluding hydrogens is 244 g/mol.